The SMILES string of the molecule is CN(c1nc2ccc(F)cn2n1)C1CCC(N)CC1. The summed E-state index contributed by atoms with van der Waals surface area (Å²) in [6, 6.07) is 3.78. The highest BCUT2D eigenvalue weighted by Gasteiger charge is 2.24. The monoisotopic (exact) mass is 263 g/mol. The molecular formula is C13H18FN5. The van der Waals surface area contributed by atoms with Crippen LogP contribution in [0.25, 0.3) is 5.65 Å². The lowest BCUT2D eigenvalue weighted by Crippen LogP contribution is -2.39. The first kappa shape index (κ1) is 12.3. The van der Waals surface area contributed by atoms with Crippen LogP contribution in [-0.4, -0.2) is 33.7 Å². The van der Waals surface area contributed by atoms with Crippen LogP contribution >= 0.6 is 0 Å². The molecule has 6 heteroatoms. The van der Waals surface area contributed by atoms with E-state index < -0.39 is 0 Å². The van der Waals surface area contributed by atoms with Gasteiger partial charge in [-0.25, -0.2) is 8.91 Å². The van der Waals surface area contributed by atoms with Gasteiger partial charge in [-0.2, -0.15) is 4.98 Å². The van der Waals surface area contributed by atoms with Gasteiger partial charge >= 0.3 is 0 Å². The summed E-state index contributed by atoms with van der Waals surface area (Å²) in [5, 5.41) is 4.33. The predicted octanol–water partition coefficient (Wildman–Crippen LogP) is 1.57. The maximum absolute atomic E-state index is 13.1. The zero-order valence-electron chi connectivity index (χ0n) is 11.0. The van der Waals surface area contributed by atoms with Gasteiger partial charge in [-0.05, 0) is 37.8 Å². The van der Waals surface area contributed by atoms with E-state index >= 15 is 0 Å². The first-order chi connectivity index (χ1) is 9.13. The van der Waals surface area contributed by atoms with Crippen LogP contribution in [0.3, 0.4) is 0 Å². The largest absolute Gasteiger partial charge is 0.340 e. The number of fused-ring (bicyclic) bond motifs is 1. The third kappa shape index (κ3) is 2.40. The smallest absolute Gasteiger partial charge is 0.245 e. The molecule has 19 heavy (non-hydrogen) atoms. The first-order valence-electron chi connectivity index (χ1n) is 6.64. The number of rotatable bonds is 2. The van der Waals surface area contributed by atoms with E-state index in [9.17, 15) is 4.39 Å². The Morgan fingerprint density at radius 2 is 2.05 bits per heavy atom. The summed E-state index contributed by atoms with van der Waals surface area (Å²) in [5.74, 6) is 0.335. The molecule has 2 aromatic rings. The van der Waals surface area contributed by atoms with E-state index in [1.165, 1.54) is 16.8 Å². The van der Waals surface area contributed by atoms with Crippen molar-refractivity contribution in [2.45, 2.75) is 37.8 Å². The fourth-order valence-corrected chi connectivity index (χ4v) is 2.65. The Labute approximate surface area is 111 Å². The van der Waals surface area contributed by atoms with E-state index in [4.69, 9.17) is 5.73 Å². The number of halogens is 1. The second kappa shape index (κ2) is 4.77. The van der Waals surface area contributed by atoms with Crippen LogP contribution in [0.4, 0.5) is 10.3 Å². The minimum absolute atomic E-state index is 0.310. The van der Waals surface area contributed by atoms with Crippen LogP contribution < -0.4 is 10.6 Å². The number of pyridine rings is 1. The second-order valence-electron chi connectivity index (χ2n) is 5.24. The average molecular weight is 263 g/mol. The molecule has 0 spiro atoms. The molecule has 1 fully saturated rings. The van der Waals surface area contributed by atoms with Crippen molar-refractivity contribution in [2.75, 3.05) is 11.9 Å². The number of hydrogen-bond donors (Lipinski definition) is 1. The molecule has 0 atom stereocenters. The topological polar surface area (TPSA) is 59.5 Å². The highest BCUT2D eigenvalue weighted by Crippen LogP contribution is 2.24. The molecule has 0 aliphatic heterocycles. The zero-order chi connectivity index (χ0) is 13.4. The molecule has 1 aliphatic carbocycles. The molecule has 2 aromatic heterocycles. The van der Waals surface area contributed by atoms with Gasteiger partial charge in [0.15, 0.2) is 5.65 Å². The van der Waals surface area contributed by atoms with Crippen LogP contribution in [0.5, 0.6) is 0 Å². The highest BCUT2D eigenvalue weighted by molar-refractivity contribution is 5.44. The standard InChI is InChI=1S/C13H18FN5/c1-18(11-5-3-10(15)4-6-11)13-16-12-7-2-9(14)8-19(12)17-13/h2,7-8,10-11H,3-6,15H2,1H3. The number of nitrogens with two attached hydrogens (primary N) is 1. The lowest BCUT2D eigenvalue weighted by atomic mass is 9.91. The number of anilines is 1. The molecule has 102 valence electrons. The van der Waals surface area contributed by atoms with E-state index in [0.29, 0.717) is 23.7 Å². The molecule has 0 radical (unpaired) electrons. The summed E-state index contributed by atoms with van der Waals surface area (Å²) in [4.78, 5) is 6.51. The van der Waals surface area contributed by atoms with Crippen molar-refractivity contribution in [1.29, 1.82) is 0 Å². The van der Waals surface area contributed by atoms with Crippen LogP contribution in [-0.2, 0) is 0 Å². The number of nitrogens with zero attached hydrogens (tertiary/aromatic N) is 4. The van der Waals surface area contributed by atoms with Crippen LogP contribution in [0.2, 0.25) is 0 Å². The summed E-state index contributed by atoms with van der Waals surface area (Å²) >= 11 is 0. The summed E-state index contributed by atoms with van der Waals surface area (Å²) in [6.07, 6.45) is 5.54. The van der Waals surface area contributed by atoms with Crippen molar-refractivity contribution in [1.82, 2.24) is 14.6 Å². The fourth-order valence-electron chi connectivity index (χ4n) is 2.65. The third-order valence-corrected chi connectivity index (χ3v) is 3.89. The van der Waals surface area contributed by atoms with Gasteiger partial charge in [-0.15, -0.1) is 5.10 Å². The van der Waals surface area contributed by atoms with Crippen LogP contribution in [0.1, 0.15) is 25.7 Å². The fraction of sp³-hybridized carbons (Fsp3) is 0.538. The molecule has 2 heterocycles. The molecule has 1 aliphatic rings. The van der Waals surface area contributed by atoms with Gasteiger partial charge in [0.2, 0.25) is 5.95 Å². The van der Waals surface area contributed by atoms with Crippen molar-refractivity contribution in [3.8, 4) is 0 Å². The number of aromatic nitrogens is 3. The Hall–Kier alpha value is -1.69. The van der Waals surface area contributed by atoms with Gasteiger partial charge in [0.1, 0.15) is 5.82 Å². The normalized spacial score (nSPS) is 23.7. The van der Waals surface area contributed by atoms with Crippen LogP contribution in [0.15, 0.2) is 18.3 Å². The van der Waals surface area contributed by atoms with Crippen molar-refractivity contribution in [3.05, 3.63) is 24.1 Å². The molecule has 0 saturated heterocycles. The number of hydrogen-bond acceptors (Lipinski definition) is 4. The van der Waals surface area contributed by atoms with Crippen LogP contribution in [0, 0.1) is 5.82 Å². The minimum Gasteiger partial charge on any atom is -0.340 e. The highest BCUT2D eigenvalue weighted by atomic mass is 19.1. The van der Waals surface area contributed by atoms with Crippen molar-refractivity contribution >= 4 is 11.6 Å². The maximum Gasteiger partial charge on any atom is 0.245 e. The summed E-state index contributed by atoms with van der Waals surface area (Å²) in [5.41, 5.74) is 6.58. The van der Waals surface area contributed by atoms with E-state index in [1.807, 2.05) is 7.05 Å². The predicted molar refractivity (Wildman–Crippen MR) is 71.6 cm³/mol. The van der Waals surface area contributed by atoms with Gasteiger partial charge in [0, 0.05) is 19.1 Å². The Morgan fingerprint density at radius 3 is 2.79 bits per heavy atom. The molecular weight excluding hydrogens is 245 g/mol. The molecule has 5 nitrogen and oxygen atoms in total. The average Bonchev–Trinajstić information content (AvgIpc) is 2.81. The van der Waals surface area contributed by atoms with Crippen molar-refractivity contribution in [3.63, 3.8) is 0 Å². The zero-order valence-corrected chi connectivity index (χ0v) is 11.0. The molecule has 3 rings (SSSR count). The van der Waals surface area contributed by atoms with E-state index in [2.05, 4.69) is 15.0 Å². The molecule has 0 amide bonds. The van der Waals surface area contributed by atoms with Gasteiger partial charge in [0.25, 0.3) is 0 Å². The van der Waals surface area contributed by atoms with Gasteiger partial charge in [0.05, 0.1) is 6.20 Å². The minimum atomic E-state index is -0.310. The molecule has 1 saturated carbocycles. The van der Waals surface area contributed by atoms with Crippen molar-refractivity contribution < 1.29 is 4.39 Å². The van der Waals surface area contributed by atoms with Gasteiger partial charge in [-0.3, -0.25) is 0 Å². The summed E-state index contributed by atoms with van der Waals surface area (Å²) in [7, 11) is 1.99. The quantitative estimate of drug-likeness (QED) is 0.893. The molecule has 0 aromatic carbocycles. The third-order valence-electron chi connectivity index (χ3n) is 3.89. The van der Waals surface area contributed by atoms with E-state index in [1.54, 1.807) is 6.07 Å². The van der Waals surface area contributed by atoms with Gasteiger partial charge in [-0.1, -0.05) is 0 Å². The molecule has 0 bridgehead atoms. The van der Waals surface area contributed by atoms with Crippen molar-refractivity contribution in [2.24, 2.45) is 5.73 Å². The molecule has 0 unspecified atom stereocenters. The lowest BCUT2D eigenvalue weighted by Gasteiger charge is -2.32. The first-order valence-corrected chi connectivity index (χ1v) is 6.64. The van der Waals surface area contributed by atoms with Gasteiger partial charge < -0.3 is 10.6 Å². The van der Waals surface area contributed by atoms with E-state index in [0.717, 1.165) is 25.7 Å². The Kier molecular flexibility index (Phi) is 3.10. The van der Waals surface area contributed by atoms with E-state index in [-0.39, 0.29) is 5.82 Å². The Balaban J connectivity index is 1.83. The maximum atomic E-state index is 13.1. The summed E-state index contributed by atoms with van der Waals surface area (Å²) in [6.45, 7) is 0. The lowest BCUT2D eigenvalue weighted by molar-refractivity contribution is 0.382. The Bertz CT molecular complexity index is 573. The molecule has 2 N–H and O–H groups in total. The Morgan fingerprint density at radius 1 is 1.32 bits per heavy atom. The summed E-state index contributed by atoms with van der Waals surface area (Å²) < 4.78 is 14.6. The second-order valence-corrected chi connectivity index (χ2v) is 5.24.